The first-order valence-electron chi connectivity index (χ1n) is 4.23. The van der Waals surface area contributed by atoms with E-state index >= 15 is 0 Å². The second-order valence-corrected chi connectivity index (χ2v) is 3.85. The van der Waals surface area contributed by atoms with Gasteiger partial charge in [-0.2, -0.15) is 0 Å². The Morgan fingerprint density at radius 1 is 1.50 bits per heavy atom. The lowest BCUT2D eigenvalue weighted by molar-refractivity contribution is 0.392. The normalized spacial score (nSPS) is 10.6. The van der Waals surface area contributed by atoms with Gasteiger partial charge < -0.3 is 10.6 Å². The predicted octanol–water partition coefficient (Wildman–Crippen LogP) is 1.52. The molecule has 2 nitrogen and oxygen atoms in total. The summed E-state index contributed by atoms with van der Waals surface area (Å²) in [5, 5.41) is 0. The summed E-state index contributed by atoms with van der Waals surface area (Å²) < 4.78 is 13.4. The van der Waals surface area contributed by atoms with Crippen molar-refractivity contribution in [1.29, 1.82) is 0 Å². The number of thiocarbonyl (C=S) groups is 1. The van der Waals surface area contributed by atoms with Crippen LogP contribution in [0.5, 0.6) is 0 Å². The Morgan fingerprint density at radius 3 is 2.57 bits per heavy atom. The summed E-state index contributed by atoms with van der Waals surface area (Å²) in [5.74, 6) is -0.260. The van der Waals surface area contributed by atoms with Crippen molar-refractivity contribution in [3.63, 3.8) is 0 Å². The molecule has 1 rings (SSSR count). The summed E-state index contributed by atoms with van der Waals surface area (Å²) in [4.78, 5) is 2.12. The first-order valence-corrected chi connectivity index (χ1v) is 4.64. The molecular weight excluding hydrogens is 199 g/mol. The molecule has 0 saturated carbocycles. The minimum absolute atomic E-state index is 0.223. The molecule has 4 heteroatoms. The number of nitrogens with zero attached hydrogens (tertiary/aromatic N) is 1. The molecule has 0 saturated heterocycles. The molecule has 76 valence electrons. The minimum Gasteiger partial charge on any atom is -0.389 e. The Morgan fingerprint density at radius 2 is 2.14 bits per heavy atom. The van der Waals surface area contributed by atoms with Crippen LogP contribution in [0.4, 0.5) is 4.39 Å². The average molecular weight is 212 g/mol. The summed E-state index contributed by atoms with van der Waals surface area (Å²) >= 11 is 4.75. The molecule has 0 spiro atoms. The van der Waals surface area contributed by atoms with Crippen molar-refractivity contribution < 1.29 is 4.39 Å². The van der Waals surface area contributed by atoms with Gasteiger partial charge in [-0.3, -0.25) is 0 Å². The van der Waals surface area contributed by atoms with Gasteiger partial charge in [0.2, 0.25) is 0 Å². The molecule has 1 aromatic carbocycles. The monoisotopic (exact) mass is 212 g/mol. The van der Waals surface area contributed by atoms with Crippen LogP contribution in [-0.4, -0.2) is 24.0 Å². The van der Waals surface area contributed by atoms with Gasteiger partial charge in [0.1, 0.15) is 10.8 Å². The number of hydrogen-bond acceptors (Lipinski definition) is 2. The SMILES string of the molecule is CN(C)Cc1ccc(C(N)=S)cc1F. The average Bonchev–Trinajstić information content (AvgIpc) is 2.07. The van der Waals surface area contributed by atoms with Crippen LogP contribution in [0.1, 0.15) is 11.1 Å². The van der Waals surface area contributed by atoms with Gasteiger partial charge in [-0.25, -0.2) is 4.39 Å². The van der Waals surface area contributed by atoms with E-state index in [1.54, 1.807) is 12.1 Å². The highest BCUT2D eigenvalue weighted by Gasteiger charge is 2.05. The summed E-state index contributed by atoms with van der Waals surface area (Å²) in [6.07, 6.45) is 0. The number of benzene rings is 1. The fourth-order valence-corrected chi connectivity index (χ4v) is 1.30. The van der Waals surface area contributed by atoms with E-state index in [9.17, 15) is 4.39 Å². The van der Waals surface area contributed by atoms with E-state index < -0.39 is 0 Å². The third kappa shape index (κ3) is 2.75. The Hall–Kier alpha value is -1.00. The van der Waals surface area contributed by atoms with E-state index in [2.05, 4.69) is 0 Å². The van der Waals surface area contributed by atoms with Crippen LogP contribution in [0, 0.1) is 5.82 Å². The van der Waals surface area contributed by atoms with Crippen LogP contribution in [0.15, 0.2) is 18.2 Å². The van der Waals surface area contributed by atoms with E-state index in [0.29, 0.717) is 17.7 Å². The predicted molar refractivity (Wildman–Crippen MR) is 59.7 cm³/mol. The van der Waals surface area contributed by atoms with E-state index in [0.717, 1.165) is 0 Å². The molecular formula is C10H13FN2S. The van der Waals surface area contributed by atoms with Crippen molar-refractivity contribution in [3.05, 3.63) is 35.1 Å². The molecule has 0 aromatic heterocycles. The highest BCUT2D eigenvalue weighted by Crippen LogP contribution is 2.11. The molecule has 0 aliphatic rings. The van der Waals surface area contributed by atoms with Crippen LogP contribution in [0.2, 0.25) is 0 Å². The topological polar surface area (TPSA) is 29.3 Å². The maximum absolute atomic E-state index is 13.4. The van der Waals surface area contributed by atoms with Gasteiger partial charge in [0, 0.05) is 17.7 Å². The number of halogens is 1. The van der Waals surface area contributed by atoms with E-state index in [1.165, 1.54) is 6.07 Å². The maximum Gasteiger partial charge on any atom is 0.128 e. The zero-order valence-electron chi connectivity index (χ0n) is 8.25. The van der Waals surface area contributed by atoms with Crippen molar-refractivity contribution in [1.82, 2.24) is 4.90 Å². The molecule has 0 radical (unpaired) electrons. The molecule has 2 N–H and O–H groups in total. The standard InChI is InChI=1S/C10H13FN2S/c1-13(2)6-8-4-3-7(10(12)14)5-9(8)11/h3-5H,6H2,1-2H3,(H2,12,14). The van der Waals surface area contributed by atoms with Crippen molar-refractivity contribution >= 4 is 17.2 Å². The lowest BCUT2D eigenvalue weighted by Crippen LogP contribution is -2.14. The van der Waals surface area contributed by atoms with Crippen LogP contribution in [0.3, 0.4) is 0 Å². The van der Waals surface area contributed by atoms with Gasteiger partial charge in [-0.1, -0.05) is 24.4 Å². The van der Waals surface area contributed by atoms with Crippen LogP contribution < -0.4 is 5.73 Å². The fourth-order valence-electron chi connectivity index (χ4n) is 1.17. The van der Waals surface area contributed by atoms with Gasteiger partial charge in [0.05, 0.1) is 0 Å². The fraction of sp³-hybridized carbons (Fsp3) is 0.300. The Bertz CT molecular complexity index is 350. The van der Waals surface area contributed by atoms with Crippen molar-refractivity contribution in [3.8, 4) is 0 Å². The Labute approximate surface area is 88.5 Å². The molecule has 0 bridgehead atoms. The molecule has 0 amide bonds. The molecule has 0 fully saturated rings. The van der Waals surface area contributed by atoms with E-state index in [1.807, 2.05) is 19.0 Å². The van der Waals surface area contributed by atoms with Crippen molar-refractivity contribution in [2.75, 3.05) is 14.1 Å². The second kappa shape index (κ2) is 4.48. The van der Waals surface area contributed by atoms with Gasteiger partial charge in [0.15, 0.2) is 0 Å². The molecule has 0 atom stereocenters. The Balaban J connectivity index is 2.95. The molecule has 1 aromatic rings. The summed E-state index contributed by atoms with van der Waals surface area (Å²) in [6, 6.07) is 4.83. The molecule has 0 aliphatic heterocycles. The molecule has 0 heterocycles. The third-order valence-corrected chi connectivity index (χ3v) is 2.06. The van der Waals surface area contributed by atoms with E-state index in [-0.39, 0.29) is 10.8 Å². The van der Waals surface area contributed by atoms with Crippen molar-refractivity contribution in [2.45, 2.75) is 6.54 Å². The number of rotatable bonds is 3. The lowest BCUT2D eigenvalue weighted by Gasteiger charge is -2.10. The summed E-state index contributed by atoms with van der Waals surface area (Å²) in [6.45, 7) is 0.573. The van der Waals surface area contributed by atoms with Crippen LogP contribution >= 0.6 is 12.2 Å². The van der Waals surface area contributed by atoms with Gasteiger partial charge in [-0.15, -0.1) is 0 Å². The van der Waals surface area contributed by atoms with Crippen LogP contribution in [-0.2, 0) is 6.54 Å². The van der Waals surface area contributed by atoms with Gasteiger partial charge in [0.25, 0.3) is 0 Å². The van der Waals surface area contributed by atoms with Crippen LogP contribution in [0.25, 0.3) is 0 Å². The first kappa shape index (κ1) is 11.1. The zero-order chi connectivity index (χ0) is 10.7. The largest absolute Gasteiger partial charge is 0.389 e. The first-order chi connectivity index (χ1) is 6.50. The summed E-state index contributed by atoms with van der Waals surface area (Å²) in [5.41, 5.74) is 6.61. The molecule has 0 aliphatic carbocycles. The Kier molecular flexibility index (Phi) is 3.55. The summed E-state index contributed by atoms with van der Waals surface area (Å²) in [7, 11) is 3.78. The molecule has 0 unspecified atom stereocenters. The lowest BCUT2D eigenvalue weighted by atomic mass is 10.1. The third-order valence-electron chi connectivity index (χ3n) is 1.82. The quantitative estimate of drug-likeness (QED) is 0.770. The number of nitrogens with two attached hydrogens (primary N) is 1. The minimum atomic E-state index is -0.260. The highest BCUT2D eigenvalue weighted by atomic mass is 32.1. The smallest absolute Gasteiger partial charge is 0.128 e. The maximum atomic E-state index is 13.4. The van der Waals surface area contributed by atoms with Gasteiger partial charge in [-0.05, 0) is 20.2 Å². The van der Waals surface area contributed by atoms with E-state index in [4.69, 9.17) is 18.0 Å². The van der Waals surface area contributed by atoms with Crippen molar-refractivity contribution in [2.24, 2.45) is 5.73 Å². The zero-order valence-corrected chi connectivity index (χ0v) is 9.07. The van der Waals surface area contributed by atoms with Gasteiger partial charge >= 0.3 is 0 Å². The molecule has 14 heavy (non-hydrogen) atoms. The second-order valence-electron chi connectivity index (χ2n) is 3.41. The highest BCUT2D eigenvalue weighted by molar-refractivity contribution is 7.80. The number of hydrogen-bond donors (Lipinski definition) is 1.